The molecule has 0 atom stereocenters. The monoisotopic (exact) mass is 253 g/mol. The van der Waals surface area contributed by atoms with E-state index in [1.807, 2.05) is 31.3 Å². The topological polar surface area (TPSA) is 31.4 Å². The summed E-state index contributed by atoms with van der Waals surface area (Å²) in [7, 11) is 3.30. The predicted molar refractivity (Wildman–Crippen MR) is 77.1 cm³/mol. The zero-order valence-electron chi connectivity index (χ0n) is 11.2. The first-order chi connectivity index (χ1) is 9.26. The molecular weight excluding hydrogens is 238 g/mol. The lowest BCUT2D eigenvalue weighted by atomic mass is 10.0. The molecule has 2 aromatic carbocycles. The molecule has 3 heteroatoms. The van der Waals surface area contributed by atoms with Crippen molar-refractivity contribution < 1.29 is 9.47 Å². The largest absolute Gasteiger partial charge is 0.493 e. The molecule has 3 nitrogen and oxygen atoms in total. The fourth-order valence-electron chi connectivity index (χ4n) is 2.53. The summed E-state index contributed by atoms with van der Waals surface area (Å²) in [6.07, 6.45) is 1.90. The van der Waals surface area contributed by atoms with Crippen LogP contribution in [0, 0.1) is 6.92 Å². The number of aryl methyl sites for hydroxylation is 1. The maximum Gasteiger partial charge on any atom is 0.165 e. The number of pyridine rings is 1. The summed E-state index contributed by atoms with van der Waals surface area (Å²) in [6.45, 7) is 2.01. The predicted octanol–water partition coefficient (Wildman–Crippen LogP) is 3.71. The first-order valence-corrected chi connectivity index (χ1v) is 6.15. The molecule has 3 rings (SSSR count). The minimum absolute atomic E-state index is 0.741. The van der Waals surface area contributed by atoms with Crippen LogP contribution in [-0.4, -0.2) is 19.2 Å². The summed E-state index contributed by atoms with van der Waals surface area (Å²) in [4.78, 5) is 4.56. The second kappa shape index (κ2) is 4.43. The Morgan fingerprint density at radius 2 is 1.79 bits per heavy atom. The third kappa shape index (κ3) is 1.70. The second-order valence-corrected chi connectivity index (χ2v) is 4.48. The van der Waals surface area contributed by atoms with Crippen LogP contribution in [0.15, 0.2) is 36.5 Å². The Hall–Kier alpha value is -2.29. The molecule has 0 bridgehead atoms. The van der Waals surface area contributed by atoms with E-state index in [4.69, 9.17) is 9.47 Å². The van der Waals surface area contributed by atoms with E-state index in [1.165, 1.54) is 5.39 Å². The van der Waals surface area contributed by atoms with Gasteiger partial charge >= 0.3 is 0 Å². The van der Waals surface area contributed by atoms with Gasteiger partial charge < -0.3 is 9.47 Å². The van der Waals surface area contributed by atoms with Crippen molar-refractivity contribution in [3.8, 4) is 11.5 Å². The van der Waals surface area contributed by atoms with Crippen LogP contribution in [0.4, 0.5) is 0 Å². The van der Waals surface area contributed by atoms with Crippen molar-refractivity contribution in [2.75, 3.05) is 14.2 Å². The van der Waals surface area contributed by atoms with Crippen LogP contribution < -0.4 is 9.47 Å². The lowest BCUT2D eigenvalue weighted by Gasteiger charge is -2.13. The number of aromatic nitrogens is 1. The molecule has 0 spiro atoms. The molecule has 0 saturated heterocycles. The smallest absolute Gasteiger partial charge is 0.165 e. The minimum Gasteiger partial charge on any atom is -0.493 e. The highest BCUT2D eigenvalue weighted by Gasteiger charge is 2.14. The maximum atomic E-state index is 5.42. The van der Waals surface area contributed by atoms with E-state index in [0.29, 0.717) is 0 Å². The molecule has 0 N–H and O–H groups in total. The van der Waals surface area contributed by atoms with Gasteiger partial charge in [-0.2, -0.15) is 0 Å². The minimum atomic E-state index is 0.741. The lowest BCUT2D eigenvalue weighted by Crippen LogP contribution is -1.96. The van der Waals surface area contributed by atoms with Crippen molar-refractivity contribution >= 4 is 21.7 Å². The molecule has 0 radical (unpaired) electrons. The third-order valence-electron chi connectivity index (χ3n) is 3.46. The van der Waals surface area contributed by atoms with Crippen molar-refractivity contribution in [1.82, 2.24) is 4.98 Å². The highest BCUT2D eigenvalue weighted by atomic mass is 16.5. The highest BCUT2D eigenvalue weighted by Crippen LogP contribution is 2.38. The molecule has 0 fully saturated rings. The summed E-state index contributed by atoms with van der Waals surface area (Å²) in [5.41, 5.74) is 1.96. The van der Waals surface area contributed by atoms with Crippen LogP contribution in [0.1, 0.15) is 5.56 Å². The normalized spacial score (nSPS) is 10.9. The van der Waals surface area contributed by atoms with E-state index >= 15 is 0 Å². The Balaban J connectivity index is 2.50. The summed E-state index contributed by atoms with van der Waals surface area (Å²) in [5.74, 6) is 1.49. The summed E-state index contributed by atoms with van der Waals surface area (Å²) in [6, 6.07) is 10.2. The number of rotatable bonds is 2. The van der Waals surface area contributed by atoms with E-state index in [-0.39, 0.29) is 0 Å². The number of ether oxygens (including phenoxy) is 2. The molecule has 0 aliphatic carbocycles. The zero-order chi connectivity index (χ0) is 13.4. The van der Waals surface area contributed by atoms with Crippen molar-refractivity contribution in [2.45, 2.75) is 6.92 Å². The van der Waals surface area contributed by atoms with E-state index in [0.717, 1.165) is 33.4 Å². The molecule has 0 unspecified atom stereocenters. The SMILES string of the molecule is COc1cc2c(ncc3ccccc32)c(C)c1OC. The summed E-state index contributed by atoms with van der Waals surface area (Å²) < 4.78 is 10.8. The van der Waals surface area contributed by atoms with Crippen molar-refractivity contribution in [3.63, 3.8) is 0 Å². The Morgan fingerprint density at radius 3 is 2.53 bits per heavy atom. The van der Waals surface area contributed by atoms with Crippen molar-refractivity contribution in [2.24, 2.45) is 0 Å². The molecule has 0 saturated carbocycles. The van der Waals surface area contributed by atoms with Gasteiger partial charge in [-0.25, -0.2) is 0 Å². The fourth-order valence-corrected chi connectivity index (χ4v) is 2.53. The second-order valence-electron chi connectivity index (χ2n) is 4.48. The highest BCUT2D eigenvalue weighted by molar-refractivity contribution is 6.07. The lowest BCUT2D eigenvalue weighted by molar-refractivity contribution is 0.354. The average molecular weight is 253 g/mol. The van der Waals surface area contributed by atoms with Gasteiger partial charge in [-0.05, 0) is 18.4 Å². The van der Waals surface area contributed by atoms with Gasteiger partial charge in [0.2, 0.25) is 0 Å². The van der Waals surface area contributed by atoms with Crippen LogP contribution in [0.2, 0.25) is 0 Å². The van der Waals surface area contributed by atoms with Crippen molar-refractivity contribution in [1.29, 1.82) is 0 Å². The molecule has 0 amide bonds. The maximum absolute atomic E-state index is 5.42. The van der Waals surface area contributed by atoms with Gasteiger partial charge in [-0.15, -0.1) is 0 Å². The van der Waals surface area contributed by atoms with E-state index in [1.54, 1.807) is 14.2 Å². The number of methoxy groups -OCH3 is 2. The van der Waals surface area contributed by atoms with Gasteiger partial charge in [-0.1, -0.05) is 24.3 Å². The molecule has 1 aromatic heterocycles. The summed E-state index contributed by atoms with van der Waals surface area (Å²) >= 11 is 0. The third-order valence-corrected chi connectivity index (χ3v) is 3.46. The van der Waals surface area contributed by atoms with Gasteiger partial charge in [0.25, 0.3) is 0 Å². The molecule has 1 heterocycles. The molecule has 19 heavy (non-hydrogen) atoms. The first kappa shape index (κ1) is 11.8. The van der Waals surface area contributed by atoms with Crippen LogP contribution in [0.3, 0.4) is 0 Å². The Kier molecular flexibility index (Phi) is 2.75. The average Bonchev–Trinajstić information content (AvgIpc) is 2.46. The summed E-state index contributed by atoms with van der Waals surface area (Å²) in [5, 5.41) is 3.39. The Bertz CT molecular complexity index is 765. The van der Waals surface area contributed by atoms with Crippen LogP contribution >= 0.6 is 0 Å². The Morgan fingerprint density at radius 1 is 1.00 bits per heavy atom. The van der Waals surface area contributed by atoms with Crippen molar-refractivity contribution in [3.05, 3.63) is 42.1 Å². The van der Waals surface area contributed by atoms with Gasteiger partial charge in [0, 0.05) is 22.5 Å². The fraction of sp³-hybridized carbons (Fsp3) is 0.188. The molecule has 0 aliphatic rings. The zero-order valence-corrected chi connectivity index (χ0v) is 11.2. The van der Waals surface area contributed by atoms with Crippen LogP contribution in [0.5, 0.6) is 11.5 Å². The van der Waals surface area contributed by atoms with E-state index < -0.39 is 0 Å². The number of hydrogen-bond acceptors (Lipinski definition) is 3. The quantitative estimate of drug-likeness (QED) is 0.652. The van der Waals surface area contributed by atoms with Gasteiger partial charge in [0.15, 0.2) is 11.5 Å². The van der Waals surface area contributed by atoms with Crippen LogP contribution in [-0.2, 0) is 0 Å². The van der Waals surface area contributed by atoms with Gasteiger partial charge in [0.05, 0.1) is 19.7 Å². The first-order valence-electron chi connectivity index (χ1n) is 6.15. The standard InChI is InChI=1S/C16H15NO2/c1-10-15-13(8-14(18-2)16(10)19-3)12-7-5-4-6-11(12)9-17-15/h4-9H,1-3H3. The van der Waals surface area contributed by atoms with Crippen LogP contribution in [0.25, 0.3) is 21.7 Å². The molecule has 0 aliphatic heterocycles. The van der Waals surface area contributed by atoms with E-state index in [9.17, 15) is 0 Å². The van der Waals surface area contributed by atoms with Gasteiger partial charge in [-0.3, -0.25) is 4.98 Å². The Labute approximate surface area is 111 Å². The molecule has 96 valence electrons. The number of nitrogens with zero attached hydrogens (tertiary/aromatic N) is 1. The number of fused-ring (bicyclic) bond motifs is 3. The van der Waals surface area contributed by atoms with Gasteiger partial charge in [0.1, 0.15) is 0 Å². The molecular formula is C16H15NO2. The number of hydrogen-bond donors (Lipinski definition) is 0. The number of benzene rings is 2. The molecule has 3 aromatic rings. The van der Waals surface area contributed by atoms with E-state index in [2.05, 4.69) is 17.1 Å².